The predicted molar refractivity (Wildman–Crippen MR) is 71.6 cm³/mol. The smallest absolute Gasteiger partial charge is 0.155 e. The number of hydrogen-bond donors (Lipinski definition) is 1. The maximum absolute atomic E-state index is 12.3. The standard InChI is InChI=1S/C14H23N3O/c1-3-11-9-12(17(2)16-11)10-14(18)13-7-5-4-6-8-15-13/h9,13,15H,3-8,10H2,1-2H3. The van der Waals surface area contributed by atoms with Crippen LogP contribution in [0.2, 0.25) is 0 Å². The van der Waals surface area contributed by atoms with Crippen LogP contribution in [0.25, 0.3) is 0 Å². The number of ketones is 1. The van der Waals surface area contributed by atoms with Crippen molar-refractivity contribution in [3.8, 4) is 0 Å². The molecule has 1 N–H and O–H groups in total. The van der Waals surface area contributed by atoms with Gasteiger partial charge in [0.05, 0.1) is 11.7 Å². The number of aromatic nitrogens is 2. The van der Waals surface area contributed by atoms with E-state index in [-0.39, 0.29) is 6.04 Å². The molecule has 0 amide bonds. The van der Waals surface area contributed by atoms with Gasteiger partial charge in [-0.05, 0) is 31.9 Å². The van der Waals surface area contributed by atoms with Crippen molar-refractivity contribution < 1.29 is 4.79 Å². The van der Waals surface area contributed by atoms with Crippen molar-refractivity contribution in [2.75, 3.05) is 6.54 Å². The Hall–Kier alpha value is -1.16. The fourth-order valence-corrected chi connectivity index (χ4v) is 2.51. The Labute approximate surface area is 109 Å². The van der Waals surface area contributed by atoms with Crippen LogP contribution in [0.4, 0.5) is 0 Å². The Morgan fingerprint density at radius 1 is 1.50 bits per heavy atom. The summed E-state index contributed by atoms with van der Waals surface area (Å²) in [4.78, 5) is 12.3. The molecule has 1 aliphatic heterocycles. The second-order valence-corrected chi connectivity index (χ2v) is 5.10. The summed E-state index contributed by atoms with van der Waals surface area (Å²) >= 11 is 0. The van der Waals surface area contributed by atoms with Crippen LogP contribution < -0.4 is 5.32 Å². The van der Waals surface area contributed by atoms with E-state index in [4.69, 9.17) is 0 Å². The minimum absolute atomic E-state index is 0.0486. The molecule has 100 valence electrons. The zero-order valence-electron chi connectivity index (χ0n) is 11.4. The Morgan fingerprint density at radius 2 is 2.33 bits per heavy atom. The summed E-state index contributed by atoms with van der Waals surface area (Å²) in [6.07, 6.45) is 6.00. The third-order valence-corrected chi connectivity index (χ3v) is 3.69. The second-order valence-electron chi connectivity index (χ2n) is 5.10. The van der Waals surface area contributed by atoms with Crippen molar-refractivity contribution in [1.82, 2.24) is 15.1 Å². The Morgan fingerprint density at radius 3 is 3.06 bits per heavy atom. The van der Waals surface area contributed by atoms with Gasteiger partial charge in [0.25, 0.3) is 0 Å². The lowest BCUT2D eigenvalue weighted by Crippen LogP contribution is -2.37. The molecule has 1 aromatic heterocycles. The van der Waals surface area contributed by atoms with E-state index in [0.29, 0.717) is 12.2 Å². The van der Waals surface area contributed by atoms with Gasteiger partial charge in [0, 0.05) is 19.2 Å². The third kappa shape index (κ3) is 3.19. The predicted octanol–water partition coefficient (Wildman–Crippen LogP) is 1.63. The van der Waals surface area contributed by atoms with Crippen LogP contribution in [0.3, 0.4) is 0 Å². The van der Waals surface area contributed by atoms with Crippen LogP contribution in [-0.2, 0) is 24.7 Å². The molecule has 1 atom stereocenters. The molecule has 0 spiro atoms. The highest BCUT2D eigenvalue weighted by Crippen LogP contribution is 2.12. The molecule has 2 heterocycles. The van der Waals surface area contributed by atoms with E-state index in [9.17, 15) is 4.79 Å². The summed E-state index contributed by atoms with van der Waals surface area (Å²) in [6, 6.07) is 2.10. The third-order valence-electron chi connectivity index (χ3n) is 3.69. The van der Waals surface area contributed by atoms with Crippen molar-refractivity contribution in [3.05, 3.63) is 17.5 Å². The Bertz CT molecular complexity index is 403. The number of hydrogen-bond acceptors (Lipinski definition) is 3. The molecule has 0 bridgehead atoms. The van der Waals surface area contributed by atoms with Gasteiger partial charge >= 0.3 is 0 Å². The van der Waals surface area contributed by atoms with Gasteiger partial charge in [-0.2, -0.15) is 5.10 Å². The number of nitrogens with one attached hydrogen (secondary N) is 1. The van der Waals surface area contributed by atoms with Crippen molar-refractivity contribution in [3.63, 3.8) is 0 Å². The van der Waals surface area contributed by atoms with E-state index in [0.717, 1.165) is 37.2 Å². The molecular weight excluding hydrogens is 226 g/mol. The highest BCUT2D eigenvalue weighted by Gasteiger charge is 2.20. The lowest BCUT2D eigenvalue weighted by molar-refractivity contribution is -0.120. The van der Waals surface area contributed by atoms with Crippen LogP contribution in [0.5, 0.6) is 0 Å². The maximum Gasteiger partial charge on any atom is 0.155 e. The van der Waals surface area contributed by atoms with Crippen molar-refractivity contribution >= 4 is 5.78 Å². The second kappa shape index (κ2) is 6.14. The van der Waals surface area contributed by atoms with E-state index in [1.165, 1.54) is 12.8 Å². The molecule has 4 nitrogen and oxygen atoms in total. The number of rotatable bonds is 4. The Balaban J connectivity index is 1.98. The van der Waals surface area contributed by atoms with Crippen molar-refractivity contribution in [2.45, 2.75) is 51.5 Å². The van der Waals surface area contributed by atoms with Gasteiger partial charge in [-0.15, -0.1) is 0 Å². The summed E-state index contributed by atoms with van der Waals surface area (Å²) in [7, 11) is 1.92. The van der Waals surface area contributed by atoms with Gasteiger partial charge in [-0.3, -0.25) is 9.48 Å². The van der Waals surface area contributed by atoms with Crippen molar-refractivity contribution in [1.29, 1.82) is 0 Å². The van der Waals surface area contributed by atoms with Crippen LogP contribution in [0.1, 0.15) is 44.0 Å². The number of carbonyl (C=O) groups is 1. The molecule has 1 aromatic rings. The maximum atomic E-state index is 12.3. The van der Waals surface area contributed by atoms with Gasteiger partial charge in [0.1, 0.15) is 0 Å². The number of aryl methyl sites for hydroxylation is 2. The van der Waals surface area contributed by atoms with Gasteiger partial charge < -0.3 is 5.32 Å². The zero-order valence-corrected chi connectivity index (χ0v) is 11.4. The molecule has 0 saturated carbocycles. The summed E-state index contributed by atoms with van der Waals surface area (Å²) in [5, 5.41) is 7.75. The van der Waals surface area contributed by atoms with Gasteiger partial charge in [0.15, 0.2) is 5.78 Å². The summed E-state index contributed by atoms with van der Waals surface area (Å²) in [5.74, 6) is 0.308. The van der Waals surface area contributed by atoms with E-state index in [1.54, 1.807) is 0 Å². The van der Waals surface area contributed by atoms with E-state index < -0.39 is 0 Å². The molecular formula is C14H23N3O. The largest absolute Gasteiger partial charge is 0.307 e. The summed E-state index contributed by atoms with van der Waals surface area (Å²) < 4.78 is 1.84. The number of nitrogens with zero attached hydrogens (tertiary/aromatic N) is 2. The van der Waals surface area contributed by atoms with Crippen LogP contribution in [0, 0.1) is 0 Å². The summed E-state index contributed by atoms with van der Waals surface area (Å²) in [6.45, 7) is 3.06. The van der Waals surface area contributed by atoms with Gasteiger partial charge in [0.2, 0.25) is 0 Å². The van der Waals surface area contributed by atoms with Gasteiger partial charge in [-0.25, -0.2) is 0 Å². The number of carbonyl (C=O) groups excluding carboxylic acids is 1. The average molecular weight is 249 g/mol. The molecule has 1 saturated heterocycles. The molecule has 1 fully saturated rings. The minimum Gasteiger partial charge on any atom is -0.307 e. The fourth-order valence-electron chi connectivity index (χ4n) is 2.51. The zero-order chi connectivity index (χ0) is 13.0. The summed E-state index contributed by atoms with van der Waals surface area (Å²) in [5.41, 5.74) is 2.09. The minimum atomic E-state index is 0.0486. The first-order valence-electron chi connectivity index (χ1n) is 6.98. The first-order chi connectivity index (χ1) is 8.70. The lowest BCUT2D eigenvalue weighted by atomic mass is 10.0. The van der Waals surface area contributed by atoms with Crippen LogP contribution in [-0.4, -0.2) is 28.2 Å². The molecule has 0 aliphatic carbocycles. The van der Waals surface area contributed by atoms with Crippen molar-refractivity contribution in [2.24, 2.45) is 7.05 Å². The van der Waals surface area contributed by atoms with Gasteiger partial charge in [-0.1, -0.05) is 19.8 Å². The average Bonchev–Trinajstić information content (AvgIpc) is 2.59. The normalized spacial score (nSPS) is 20.7. The van der Waals surface area contributed by atoms with E-state index in [2.05, 4.69) is 23.4 Å². The molecule has 18 heavy (non-hydrogen) atoms. The van der Waals surface area contributed by atoms with E-state index >= 15 is 0 Å². The number of Topliss-reactive ketones (excluding diaryl/α,β-unsaturated/α-hetero) is 1. The molecule has 2 rings (SSSR count). The molecule has 1 unspecified atom stereocenters. The molecule has 0 radical (unpaired) electrons. The monoisotopic (exact) mass is 249 g/mol. The quantitative estimate of drug-likeness (QED) is 0.882. The van der Waals surface area contributed by atoms with E-state index in [1.807, 2.05) is 11.7 Å². The fraction of sp³-hybridized carbons (Fsp3) is 0.714. The molecule has 1 aliphatic rings. The first-order valence-corrected chi connectivity index (χ1v) is 6.98. The first kappa shape index (κ1) is 13.3. The highest BCUT2D eigenvalue weighted by molar-refractivity contribution is 5.85. The SMILES string of the molecule is CCc1cc(CC(=O)C2CCCCCN2)n(C)n1. The topological polar surface area (TPSA) is 46.9 Å². The highest BCUT2D eigenvalue weighted by atomic mass is 16.1. The molecule has 4 heteroatoms. The lowest BCUT2D eigenvalue weighted by Gasteiger charge is -2.14. The Kier molecular flexibility index (Phi) is 4.53. The molecule has 0 aromatic carbocycles. The van der Waals surface area contributed by atoms with Crippen LogP contribution >= 0.6 is 0 Å². The van der Waals surface area contributed by atoms with Crippen LogP contribution in [0.15, 0.2) is 6.07 Å².